The van der Waals surface area contributed by atoms with Crippen LogP contribution in [0.5, 0.6) is 0 Å². The molecular formula is C14H22ClN3O4S. The second-order valence-corrected chi connectivity index (χ2v) is 7.55. The highest BCUT2D eigenvalue weighted by Crippen LogP contribution is 2.27. The predicted molar refractivity (Wildman–Crippen MR) is 90.5 cm³/mol. The third kappa shape index (κ3) is 4.41. The van der Waals surface area contributed by atoms with Crippen LogP contribution in [-0.4, -0.2) is 44.3 Å². The molecule has 7 nitrogen and oxygen atoms in total. The number of nitro benzene ring substituents is 1. The molecular weight excluding hydrogens is 342 g/mol. The van der Waals surface area contributed by atoms with Crippen LogP contribution >= 0.6 is 12.4 Å². The molecule has 1 aromatic carbocycles. The first-order valence-corrected chi connectivity index (χ1v) is 8.70. The summed E-state index contributed by atoms with van der Waals surface area (Å²) < 4.78 is 26.7. The number of nitro groups is 1. The van der Waals surface area contributed by atoms with Gasteiger partial charge in [-0.05, 0) is 45.3 Å². The molecule has 2 rings (SSSR count). The largest absolute Gasteiger partial charge is 0.319 e. The molecule has 1 N–H and O–H groups in total. The summed E-state index contributed by atoms with van der Waals surface area (Å²) >= 11 is 0. The quantitative estimate of drug-likeness (QED) is 0.637. The number of piperidine rings is 1. The number of nitrogens with zero attached hydrogens (tertiary/aromatic N) is 2. The van der Waals surface area contributed by atoms with Crippen LogP contribution in [0.3, 0.4) is 0 Å². The van der Waals surface area contributed by atoms with Gasteiger partial charge in [0.15, 0.2) is 0 Å². The Balaban J connectivity index is 0.00000264. The van der Waals surface area contributed by atoms with Crippen molar-refractivity contribution >= 4 is 28.1 Å². The van der Waals surface area contributed by atoms with Gasteiger partial charge in [0.2, 0.25) is 10.0 Å². The minimum absolute atomic E-state index is 0. The maximum absolute atomic E-state index is 12.6. The van der Waals surface area contributed by atoms with Crippen molar-refractivity contribution in [2.45, 2.75) is 24.7 Å². The second kappa shape index (κ2) is 8.05. The smallest absolute Gasteiger partial charge is 0.273 e. The van der Waals surface area contributed by atoms with Crippen LogP contribution in [0.2, 0.25) is 0 Å². The molecule has 0 amide bonds. The summed E-state index contributed by atoms with van der Waals surface area (Å²) in [6.07, 6.45) is 1.60. The third-order valence-electron chi connectivity index (χ3n) is 4.08. The lowest BCUT2D eigenvalue weighted by atomic mass is 9.98. The van der Waals surface area contributed by atoms with E-state index in [2.05, 4.69) is 5.32 Å². The minimum atomic E-state index is -3.66. The fourth-order valence-electron chi connectivity index (χ4n) is 2.74. The summed E-state index contributed by atoms with van der Waals surface area (Å²) in [7, 11) is -1.78. The fraction of sp³-hybridized carbons (Fsp3) is 0.571. The van der Waals surface area contributed by atoms with Crippen molar-refractivity contribution in [3.63, 3.8) is 0 Å². The standard InChI is InChI=1S/C14H21N3O4S.ClH/c1-11-3-4-13(9-14(11)17(18)19)22(20,21)16-7-5-12(6-8-16)10-15-2;/h3-4,9,12,15H,5-8,10H2,1-2H3;1H. The lowest BCUT2D eigenvalue weighted by molar-refractivity contribution is -0.385. The van der Waals surface area contributed by atoms with Gasteiger partial charge in [0.05, 0.1) is 9.82 Å². The number of hydrogen-bond donors (Lipinski definition) is 1. The molecule has 0 aliphatic carbocycles. The van der Waals surface area contributed by atoms with Gasteiger partial charge < -0.3 is 5.32 Å². The summed E-state index contributed by atoms with van der Waals surface area (Å²) in [5.74, 6) is 0.476. The van der Waals surface area contributed by atoms with Crippen LogP contribution in [0.15, 0.2) is 23.1 Å². The first kappa shape index (κ1) is 19.8. The normalized spacial score (nSPS) is 16.8. The van der Waals surface area contributed by atoms with Crippen molar-refractivity contribution in [2.75, 3.05) is 26.7 Å². The van der Waals surface area contributed by atoms with Crippen molar-refractivity contribution in [1.29, 1.82) is 0 Å². The van der Waals surface area contributed by atoms with Crippen molar-refractivity contribution < 1.29 is 13.3 Å². The number of sulfonamides is 1. The topological polar surface area (TPSA) is 92.6 Å². The molecule has 1 saturated heterocycles. The molecule has 9 heteroatoms. The molecule has 1 aliphatic rings. The summed E-state index contributed by atoms with van der Waals surface area (Å²) in [5.41, 5.74) is 0.294. The van der Waals surface area contributed by atoms with E-state index >= 15 is 0 Å². The molecule has 0 spiro atoms. The van der Waals surface area contributed by atoms with Gasteiger partial charge in [0.1, 0.15) is 0 Å². The van der Waals surface area contributed by atoms with Crippen LogP contribution in [0, 0.1) is 23.0 Å². The molecule has 1 heterocycles. The first-order valence-electron chi connectivity index (χ1n) is 7.26. The van der Waals surface area contributed by atoms with Gasteiger partial charge in [0, 0.05) is 24.7 Å². The van der Waals surface area contributed by atoms with Crippen LogP contribution in [0.25, 0.3) is 0 Å². The fourth-order valence-corrected chi connectivity index (χ4v) is 4.23. The average Bonchev–Trinajstić information content (AvgIpc) is 2.48. The average molecular weight is 364 g/mol. The Morgan fingerprint density at radius 3 is 2.48 bits per heavy atom. The SMILES string of the molecule is CNCC1CCN(S(=O)(=O)c2ccc(C)c([N+](=O)[O-])c2)CC1.Cl. The summed E-state index contributed by atoms with van der Waals surface area (Å²) in [6, 6.07) is 4.08. The Labute approximate surface area is 142 Å². The van der Waals surface area contributed by atoms with E-state index in [9.17, 15) is 18.5 Å². The highest BCUT2D eigenvalue weighted by molar-refractivity contribution is 7.89. The Kier molecular flexibility index (Phi) is 6.94. The maximum atomic E-state index is 12.6. The molecule has 0 atom stereocenters. The van der Waals surface area contributed by atoms with Gasteiger partial charge in [0.25, 0.3) is 5.69 Å². The van der Waals surface area contributed by atoms with Crippen molar-refractivity contribution in [1.82, 2.24) is 9.62 Å². The van der Waals surface area contributed by atoms with Gasteiger partial charge in [-0.15, -0.1) is 12.4 Å². The zero-order valence-corrected chi connectivity index (χ0v) is 14.8. The molecule has 1 aliphatic heterocycles. The number of hydrogen-bond acceptors (Lipinski definition) is 5. The number of nitrogens with one attached hydrogen (secondary N) is 1. The van der Waals surface area contributed by atoms with Crippen molar-refractivity contribution in [2.24, 2.45) is 5.92 Å². The zero-order chi connectivity index (χ0) is 16.3. The Hall–Kier alpha value is -1.22. The monoisotopic (exact) mass is 363 g/mol. The van der Waals surface area contributed by atoms with E-state index in [4.69, 9.17) is 0 Å². The van der Waals surface area contributed by atoms with Crippen LogP contribution in [0.4, 0.5) is 5.69 Å². The van der Waals surface area contributed by atoms with Crippen LogP contribution < -0.4 is 5.32 Å². The second-order valence-electron chi connectivity index (χ2n) is 5.61. The molecule has 0 radical (unpaired) electrons. The molecule has 0 aromatic heterocycles. The lowest BCUT2D eigenvalue weighted by Crippen LogP contribution is -2.40. The summed E-state index contributed by atoms with van der Waals surface area (Å²) in [6.45, 7) is 3.38. The van der Waals surface area contributed by atoms with Crippen molar-refractivity contribution in [3.8, 4) is 0 Å². The van der Waals surface area contributed by atoms with E-state index in [1.165, 1.54) is 16.4 Å². The molecule has 23 heavy (non-hydrogen) atoms. The van der Waals surface area contributed by atoms with E-state index < -0.39 is 14.9 Å². The molecule has 1 fully saturated rings. The van der Waals surface area contributed by atoms with E-state index in [-0.39, 0.29) is 23.0 Å². The Morgan fingerprint density at radius 2 is 1.96 bits per heavy atom. The van der Waals surface area contributed by atoms with Gasteiger partial charge >= 0.3 is 0 Å². The van der Waals surface area contributed by atoms with E-state index in [0.29, 0.717) is 24.6 Å². The van der Waals surface area contributed by atoms with E-state index in [0.717, 1.165) is 25.5 Å². The van der Waals surface area contributed by atoms with Crippen LogP contribution in [-0.2, 0) is 10.0 Å². The van der Waals surface area contributed by atoms with Gasteiger partial charge in [-0.25, -0.2) is 8.42 Å². The minimum Gasteiger partial charge on any atom is -0.319 e. The molecule has 1 aromatic rings. The third-order valence-corrected chi connectivity index (χ3v) is 5.98. The van der Waals surface area contributed by atoms with Gasteiger partial charge in [-0.1, -0.05) is 6.07 Å². The van der Waals surface area contributed by atoms with E-state index in [1.807, 2.05) is 7.05 Å². The Bertz CT molecular complexity index is 658. The lowest BCUT2D eigenvalue weighted by Gasteiger charge is -2.31. The Morgan fingerprint density at radius 1 is 1.35 bits per heavy atom. The summed E-state index contributed by atoms with van der Waals surface area (Å²) in [4.78, 5) is 10.4. The highest BCUT2D eigenvalue weighted by Gasteiger charge is 2.30. The summed E-state index contributed by atoms with van der Waals surface area (Å²) in [5, 5.41) is 14.1. The predicted octanol–water partition coefficient (Wildman–Crippen LogP) is 1.95. The molecule has 0 saturated carbocycles. The van der Waals surface area contributed by atoms with Crippen LogP contribution in [0.1, 0.15) is 18.4 Å². The zero-order valence-electron chi connectivity index (χ0n) is 13.2. The number of benzene rings is 1. The maximum Gasteiger partial charge on any atom is 0.273 e. The molecule has 0 unspecified atom stereocenters. The van der Waals surface area contributed by atoms with Crippen molar-refractivity contribution in [3.05, 3.63) is 33.9 Å². The molecule has 0 bridgehead atoms. The highest BCUT2D eigenvalue weighted by atomic mass is 35.5. The number of aryl methyl sites for hydroxylation is 1. The molecule has 130 valence electrons. The van der Waals surface area contributed by atoms with E-state index in [1.54, 1.807) is 6.92 Å². The number of halogens is 1. The van der Waals surface area contributed by atoms with Gasteiger partial charge in [-0.3, -0.25) is 10.1 Å². The number of rotatable bonds is 5. The van der Waals surface area contributed by atoms with Gasteiger partial charge in [-0.2, -0.15) is 4.31 Å². The first-order chi connectivity index (χ1) is 10.4.